The Kier molecular flexibility index (Phi) is 4.08. The fraction of sp³-hybridized carbons (Fsp3) is 0.444. The molecule has 26 heavy (non-hydrogen) atoms. The lowest BCUT2D eigenvalue weighted by molar-refractivity contribution is -0.136. The third kappa shape index (κ3) is 2.62. The summed E-state index contributed by atoms with van der Waals surface area (Å²) < 4.78 is 0. The van der Waals surface area contributed by atoms with Crippen molar-refractivity contribution in [2.24, 2.45) is 0 Å². The average Bonchev–Trinajstić information content (AvgIpc) is 2.79. The molecule has 2 saturated heterocycles. The van der Waals surface area contributed by atoms with Crippen molar-refractivity contribution < 1.29 is 19.2 Å². The van der Waals surface area contributed by atoms with E-state index in [1.807, 2.05) is 13.1 Å². The Morgan fingerprint density at radius 1 is 1.15 bits per heavy atom. The van der Waals surface area contributed by atoms with Crippen molar-refractivity contribution in [3.63, 3.8) is 0 Å². The van der Waals surface area contributed by atoms with Gasteiger partial charge in [-0.25, -0.2) is 0 Å². The van der Waals surface area contributed by atoms with E-state index in [0.717, 1.165) is 23.6 Å². The van der Waals surface area contributed by atoms with Gasteiger partial charge in [-0.3, -0.25) is 34.3 Å². The normalized spacial score (nSPS) is 23.3. The molecule has 1 atom stereocenters. The smallest absolute Gasteiger partial charge is 0.262 e. The molecular formula is C18H20N4O4. The van der Waals surface area contributed by atoms with Crippen LogP contribution in [0, 0.1) is 0 Å². The molecule has 8 heteroatoms. The molecule has 1 unspecified atom stereocenters. The first-order valence-electron chi connectivity index (χ1n) is 8.72. The number of rotatable bonds is 4. The van der Waals surface area contributed by atoms with Crippen LogP contribution in [0.4, 0.5) is 0 Å². The van der Waals surface area contributed by atoms with Crippen LogP contribution in [0.15, 0.2) is 18.2 Å². The summed E-state index contributed by atoms with van der Waals surface area (Å²) in [5.74, 6) is -1.88. The van der Waals surface area contributed by atoms with Crippen molar-refractivity contribution in [2.75, 3.05) is 20.1 Å². The molecule has 136 valence electrons. The third-order valence-electron chi connectivity index (χ3n) is 5.36. The first kappa shape index (κ1) is 16.9. The summed E-state index contributed by atoms with van der Waals surface area (Å²) in [7, 11) is 1.99. The highest BCUT2D eigenvalue weighted by atomic mass is 16.2. The Labute approximate surface area is 150 Å². The van der Waals surface area contributed by atoms with E-state index in [2.05, 4.69) is 15.5 Å². The summed E-state index contributed by atoms with van der Waals surface area (Å²) in [5, 5.41) is 5.42. The first-order chi connectivity index (χ1) is 12.5. The van der Waals surface area contributed by atoms with Gasteiger partial charge in [-0.2, -0.15) is 0 Å². The lowest BCUT2D eigenvalue weighted by Crippen LogP contribution is -2.55. The van der Waals surface area contributed by atoms with Crippen LogP contribution >= 0.6 is 0 Å². The van der Waals surface area contributed by atoms with E-state index in [-0.39, 0.29) is 18.7 Å². The molecule has 0 radical (unpaired) electrons. The number of likely N-dealkylation sites (N-methyl/N-ethyl adjacent to an activating group) is 1. The highest BCUT2D eigenvalue weighted by Crippen LogP contribution is 2.30. The predicted octanol–water partition coefficient (Wildman–Crippen LogP) is -0.509. The Morgan fingerprint density at radius 2 is 1.92 bits per heavy atom. The van der Waals surface area contributed by atoms with Gasteiger partial charge in [0.2, 0.25) is 11.8 Å². The van der Waals surface area contributed by atoms with E-state index in [1.54, 1.807) is 12.1 Å². The molecule has 4 amide bonds. The van der Waals surface area contributed by atoms with Gasteiger partial charge in [0.25, 0.3) is 11.8 Å². The number of piperidine rings is 1. The summed E-state index contributed by atoms with van der Waals surface area (Å²) in [6, 6.07) is 4.71. The zero-order chi connectivity index (χ0) is 18.4. The number of fused-ring (bicyclic) bond motifs is 1. The van der Waals surface area contributed by atoms with Gasteiger partial charge < -0.3 is 5.32 Å². The van der Waals surface area contributed by atoms with Crippen LogP contribution in [0.1, 0.15) is 39.1 Å². The summed E-state index contributed by atoms with van der Waals surface area (Å²) >= 11 is 0. The molecule has 4 rings (SSSR count). The molecule has 3 aliphatic heterocycles. The highest BCUT2D eigenvalue weighted by molar-refractivity contribution is 6.24. The van der Waals surface area contributed by atoms with Crippen LogP contribution in [0.25, 0.3) is 0 Å². The van der Waals surface area contributed by atoms with Gasteiger partial charge in [-0.05, 0) is 25.1 Å². The molecule has 2 N–H and O–H groups in total. The van der Waals surface area contributed by atoms with E-state index >= 15 is 0 Å². The second kappa shape index (κ2) is 6.30. The third-order valence-corrected chi connectivity index (χ3v) is 5.36. The highest BCUT2D eigenvalue weighted by Gasteiger charge is 2.45. The maximum absolute atomic E-state index is 13.0. The largest absolute Gasteiger partial charge is 0.314 e. The minimum absolute atomic E-state index is 0.119. The minimum atomic E-state index is -0.929. The predicted molar refractivity (Wildman–Crippen MR) is 91.2 cm³/mol. The van der Waals surface area contributed by atoms with Gasteiger partial charge in [0.1, 0.15) is 6.04 Å². The summed E-state index contributed by atoms with van der Waals surface area (Å²) in [4.78, 5) is 52.5. The number of imide groups is 2. The van der Waals surface area contributed by atoms with Gasteiger partial charge in [-0.1, -0.05) is 12.1 Å². The number of hydrogen-bond acceptors (Lipinski definition) is 6. The number of nitrogens with zero attached hydrogens (tertiary/aromatic N) is 2. The van der Waals surface area contributed by atoms with Crippen molar-refractivity contribution in [3.8, 4) is 0 Å². The van der Waals surface area contributed by atoms with Crippen LogP contribution in [-0.2, 0) is 16.1 Å². The molecule has 1 aromatic carbocycles. The standard InChI is InChI=1S/C18H20N4O4/c1-21(11-7-19-8-11)9-10-3-2-4-12-15(10)18(26)22(17(12)25)13-5-6-14(23)20-16(13)24/h2-4,11,13,19H,5-9H2,1H3,(H,20,23,24). The minimum Gasteiger partial charge on any atom is -0.314 e. The summed E-state index contributed by atoms with van der Waals surface area (Å²) in [6.45, 7) is 2.36. The van der Waals surface area contributed by atoms with Gasteiger partial charge in [0, 0.05) is 32.1 Å². The maximum atomic E-state index is 13.0. The molecule has 8 nitrogen and oxygen atoms in total. The maximum Gasteiger partial charge on any atom is 0.262 e. The lowest BCUT2D eigenvalue weighted by atomic mass is 10.0. The van der Waals surface area contributed by atoms with Gasteiger partial charge >= 0.3 is 0 Å². The topological polar surface area (TPSA) is 98.8 Å². The molecule has 0 spiro atoms. The summed E-state index contributed by atoms with van der Waals surface area (Å²) in [5.41, 5.74) is 1.49. The van der Waals surface area contributed by atoms with E-state index in [9.17, 15) is 19.2 Å². The SMILES string of the molecule is CN(Cc1cccc2c1C(=O)N(C1CCC(=O)NC1=O)C2=O)C1CNC1. The van der Waals surface area contributed by atoms with E-state index in [4.69, 9.17) is 0 Å². The molecule has 3 heterocycles. The van der Waals surface area contributed by atoms with Crippen LogP contribution in [0.3, 0.4) is 0 Å². The molecular weight excluding hydrogens is 336 g/mol. The van der Waals surface area contributed by atoms with Crippen LogP contribution in [0.2, 0.25) is 0 Å². The quantitative estimate of drug-likeness (QED) is 0.705. The fourth-order valence-electron chi connectivity index (χ4n) is 3.70. The number of benzene rings is 1. The molecule has 0 bridgehead atoms. The molecule has 2 fully saturated rings. The second-order valence-corrected chi connectivity index (χ2v) is 7.01. The van der Waals surface area contributed by atoms with E-state index < -0.39 is 23.8 Å². The monoisotopic (exact) mass is 356 g/mol. The van der Waals surface area contributed by atoms with Crippen molar-refractivity contribution in [3.05, 3.63) is 34.9 Å². The number of carbonyl (C=O) groups is 4. The van der Waals surface area contributed by atoms with E-state index in [1.165, 1.54) is 0 Å². The Balaban J connectivity index is 1.62. The fourth-order valence-corrected chi connectivity index (χ4v) is 3.70. The molecule has 1 aromatic rings. The van der Waals surface area contributed by atoms with Crippen molar-refractivity contribution in [2.45, 2.75) is 31.5 Å². The first-order valence-corrected chi connectivity index (χ1v) is 8.72. The van der Waals surface area contributed by atoms with Gasteiger partial charge in [0.05, 0.1) is 11.1 Å². The lowest BCUT2D eigenvalue weighted by Gasteiger charge is -2.35. The summed E-state index contributed by atoms with van der Waals surface area (Å²) in [6.07, 6.45) is 0.285. The molecule has 0 aliphatic carbocycles. The van der Waals surface area contributed by atoms with Crippen LogP contribution < -0.4 is 10.6 Å². The second-order valence-electron chi connectivity index (χ2n) is 7.01. The molecule has 0 aromatic heterocycles. The number of amides is 4. The van der Waals surface area contributed by atoms with Crippen molar-refractivity contribution in [1.29, 1.82) is 0 Å². The Hall–Kier alpha value is -2.58. The molecule has 3 aliphatic rings. The average molecular weight is 356 g/mol. The molecule has 0 saturated carbocycles. The zero-order valence-corrected chi connectivity index (χ0v) is 14.4. The Bertz CT molecular complexity index is 817. The van der Waals surface area contributed by atoms with Crippen molar-refractivity contribution in [1.82, 2.24) is 20.4 Å². The van der Waals surface area contributed by atoms with E-state index in [0.29, 0.717) is 23.7 Å². The van der Waals surface area contributed by atoms with Crippen molar-refractivity contribution >= 4 is 23.6 Å². The van der Waals surface area contributed by atoms with Gasteiger partial charge in [0.15, 0.2) is 0 Å². The zero-order valence-electron chi connectivity index (χ0n) is 14.4. The number of nitrogens with one attached hydrogen (secondary N) is 2. The Morgan fingerprint density at radius 3 is 2.58 bits per heavy atom. The van der Waals surface area contributed by atoms with Gasteiger partial charge in [-0.15, -0.1) is 0 Å². The number of carbonyl (C=O) groups excluding carboxylic acids is 4. The van der Waals surface area contributed by atoms with Crippen LogP contribution in [-0.4, -0.2) is 65.6 Å². The van der Waals surface area contributed by atoms with Crippen LogP contribution in [0.5, 0.6) is 0 Å². The number of hydrogen-bond donors (Lipinski definition) is 2.